The van der Waals surface area contributed by atoms with Gasteiger partial charge in [0.25, 0.3) is 0 Å². The van der Waals surface area contributed by atoms with E-state index in [0.717, 1.165) is 12.8 Å². The van der Waals surface area contributed by atoms with Crippen molar-refractivity contribution in [2.24, 2.45) is 40.1 Å². The number of fused-ring (bicyclic) bond motifs is 4. The highest BCUT2D eigenvalue weighted by atomic mass is 28.6. The molecule has 0 saturated carbocycles. The van der Waals surface area contributed by atoms with Crippen molar-refractivity contribution < 1.29 is 49.4 Å². The number of hydrogen-bond acceptors (Lipinski definition) is 19. The van der Waals surface area contributed by atoms with E-state index in [1.54, 1.807) is 0 Å². The highest BCUT2D eigenvalue weighted by Gasteiger charge is 2.78. The molecule has 0 radical (unpaired) electrons. The zero-order chi connectivity index (χ0) is 38.5. The summed E-state index contributed by atoms with van der Waals surface area (Å²) in [6, 6.07) is 3.06. The van der Waals surface area contributed by atoms with Crippen molar-refractivity contribution in [3.63, 3.8) is 0 Å². The molecule has 14 N–H and O–H groups in total. The van der Waals surface area contributed by atoms with E-state index < -0.39 is 70.9 Å². The third-order valence-corrected chi connectivity index (χ3v) is 46.8. The third-order valence-electron chi connectivity index (χ3n) is 9.34. The second-order valence-corrected chi connectivity index (χ2v) is 39.3. The summed E-state index contributed by atoms with van der Waals surface area (Å²) in [6.45, 7) is 4.75. The lowest BCUT2D eigenvalue weighted by Crippen LogP contribution is -2.84. The lowest BCUT2D eigenvalue weighted by Gasteiger charge is -2.60. The maximum absolute atomic E-state index is 7.55. The van der Waals surface area contributed by atoms with Crippen LogP contribution in [0.15, 0.2) is 0 Å². The Labute approximate surface area is 328 Å². The number of rotatable bonds is 25. The standard InChI is InChI=1S/C25H69N7O12Si9/c1-2-3-19-50-42-51(23-8-15-30)36-47(33-45,20-5-12-27)37-52(43-50,24-9-16-31)39-49(22-7-14-29)35-46(18-4-11-26)34-48(38-51,21-6-13-28)40-53(41-49,44-50)25-10-17-32/h46H,2-32H2,1,45H3. The van der Waals surface area contributed by atoms with Crippen molar-refractivity contribution in [1.29, 1.82) is 0 Å². The van der Waals surface area contributed by atoms with Crippen molar-refractivity contribution in [1.82, 2.24) is 0 Å². The molecule has 4 saturated heterocycles. The van der Waals surface area contributed by atoms with Gasteiger partial charge < -0.3 is 89.5 Å². The van der Waals surface area contributed by atoms with Crippen LogP contribution >= 0.6 is 0 Å². The first-order chi connectivity index (χ1) is 25.5. The van der Waals surface area contributed by atoms with Gasteiger partial charge in [-0.15, -0.1) is 0 Å². The fourth-order valence-corrected chi connectivity index (χ4v) is 55.8. The Morgan fingerprint density at radius 2 is 0.717 bits per heavy atom. The van der Waals surface area contributed by atoms with E-state index in [4.69, 9.17) is 89.5 Å². The molecule has 0 amide bonds. The van der Waals surface area contributed by atoms with Gasteiger partial charge in [0.15, 0.2) is 0 Å². The molecule has 4 aliphatic rings. The van der Waals surface area contributed by atoms with Gasteiger partial charge in [0.2, 0.25) is 0 Å². The zero-order valence-corrected chi connectivity index (χ0v) is 42.1. The van der Waals surface area contributed by atoms with Gasteiger partial charge in [-0.1, -0.05) is 13.3 Å². The first-order valence-corrected chi connectivity index (χ1v) is 35.7. The van der Waals surface area contributed by atoms with Crippen LogP contribution in [0.1, 0.15) is 64.7 Å². The van der Waals surface area contributed by atoms with Crippen molar-refractivity contribution >= 4 is 81.4 Å². The third kappa shape index (κ3) is 12.1. The van der Waals surface area contributed by atoms with E-state index in [0.29, 0.717) is 139 Å². The smallest absolute Gasteiger partial charge is 0.425 e. The molecule has 4 aliphatic heterocycles. The Kier molecular flexibility index (Phi) is 19.0. The molecular formula is C25H69N7O12Si9. The number of unbranched alkanes of at least 4 members (excludes halogenated alkanes) is 1. The molecule has 312 valence electrons. The van der Waals surface area contributed by atoms with E-state index in [1.807, 2.05) is 0 Å². The molecule has 53 heavy (non-hydrogen) atoms. The lowest BCUT2D eigenvalue weighted by molar-refractivity contribution is 0.00153. The van der Waals surface area contributed by atoms with Crippen LogP contribution in [0.3, 0.4) is 0 Å². The summed E-state index contributed by atoms with van der Waals surface area (Å²) in [5, 5.41) is 0. The summed E-state index contributed by atoms with van der Waals surface area (Å²) in [4.78, 5) is 0. The molecule has 0 aromatic carbocycles. The minimum atomic E-state index is -4.01. The van der Waals surface area contributed by atoms with E-state index >= 15 is 0 Å². The fourth-order valence-electron chi connectivity index (χ4n) is 6.89. The maximum atomic E-state index is 7.55. The summed E-state index contributed by atoms with van der Waals surface area (Å²) in [6.07, 6.45) is 5.40. The predicted molar refractivity (Wildman–Crippen MR) is 219 cm³/mol. The van der Waals surface area contributed by atoms with Crippen LogP contribution in [-0.2, 0) is 49.4 Å². The Bertz CT molecular complexity index is 1060. The normalized spacial score (nSPS) is 38.6. The molecule has 0 aromatic rings. The van der Waals surface area contributed by atoms with Crippen LogP contribution < -0.4 is 40.1 Å². The number of nitrogens with two attached hydrogens (primary N) is 7. The highest BCUT2D eigenvalue weighted by Crippen LogP contribution is 2.50. The molecule has 0 aromatic heterocycles. The summed E-state index contributed by atoms with van der Waals surface area (Å²) in [7, 11) is -30.1. The Morgan fingerprint density at radius 1 is 0.415 bits per heavy atom. The first-order valence-electron chi connectivity index (χ1n) is 19.6. The molecule has 4 fully saturated rings. The summed E-state index contributed by atoms with van der Waals surface area (Å²) in [5.74, 6) is 0. The topological polar surface area (TPSA) is 293 Å². The Balaban J connectivity index is 2.14. The van der Waals surface area contributed by atoms with Crippen LogP contribution in [0.25, 0.3) is 0 Å². The van der Waals surface area contributed by atoms with Crippen molar-refractivity contribution in [2.75, 3.05) is 45.8 Å². The summed E-state index contributed by atoms with van der Waals surface area (Å²) < 4.78 is 88.7. The molecule has 0 spiro atoms. The van der Waals surface area contributed by atoms with E-state index in [1.165, 1.54) is 0 Å². The van der Waals surface area contributed by atoms with Gasteiger partial charge in [-0.25, -0.2) is 0 Å². The molecule has 4 atom stereocenters. The van der Waals surface area contributed by atoms with Crippen molar-refractivity contribution in [3.8, 4) is 0 Å². The number of hydrogen-bond donors (Lipinski definition) is 7. The van der Waals surface area contributed by atoms with E-state index in [9.17, 15) is 0 Å². The molecule has 19 nitrogen and oxygen atoms in total. The second-order valence-electron chi connectivity index (χ2n) is 14.0. The molecular weight excluding hydrogens is 843 g/mol. The maximum Gasteiger partial charge on any atom is 0.478 e. The largest absolute Gasteiger partial charge is 0.478 e. The predicted octanol–water partition coefficient (Wildman–Crippen LogP) is -1.45. The van der Waals surface area contributed by atoms with Gasteiger partial charge in [-0.05, 0) is 103 Å². The van der Waals surface area contributed by atoms with Gasteiger partial charge in [0, 0.05) is 42.3 Å². The summed E-state index contributed by atoms with van der Waals surface area (Å²) >= 11 is 0. The van der Waals surface area contributed by atoms with E-state index in [2.05, 4.69) is 6.92 Å². The quantitative estimate of drug-likeness (QED) is 0.0516. The highest BCUT2D eigenvalue weighted by molar-refractivity contribution is 7.00. The Morgan fingerprint density at radius 3 is 1.06 bits per heavy atom. The first kappa shape index (κ1) is 46.9. The van der Waals surface area contributed by atoms with Gasteiger partial charge in [0.1, 0.15) is 10.5 Å². The molecule has 6 bridgehead atoms. The fraction of sp³-hybridized carbons (Fsp3) is 1.00. The van der Waals surface area contributed by atoms with Gasteiger partial charge in [0.05, 0.1) is 0 Å². The van der Waals surface area contributed by atoms with Crippen molar-refractivity contribution in [3.05, 3.63) is 0 Å². The monoisotopic (exact) mass is 911 g/mol. The molecule has 28 heteroatoms. The van der Waals surface area contributed by atoms with Crippen LogP contribution in [0.2, 0.25) is 48.4 Å². The van der Waals surface area contributed by atoms with Crippen LogP contribution in [0.5, 0.6) is 0 Å². The second kappa shape index (κ2) is 21.4. The van der Waals surface area contributed by atoms with Crippen molar-refractivity contribution in [2.45, 2.75) is 113 Å². The van der Waals surface area contributed by atoms with Gasteiger partial charge in [-0.3, -0.25) is 0 Å². The molecule has 4 rings (SSSR count). The van der Waals surface area contributed by atoms with Gasteiger partial charge >= 0.3 is 70.9 Å². The Hall–Kier alpha value is 1.19. The summed E-state index contributed by atoms with van der Waals surface area (Å²) in [5.41, 5.74) is 43.2. The average molecular weight is 913 g/mol. The lowest BCUT2D eigenvalue weighted by atomic mass is 10.4. The minimum absolute atomic E-state index is 0.276. The van der Waals surface area contributed by atoms with Crippen LogP contribution in [0, 0.1) is 0 Å². The van der Waals surface area contributed by atoms with E-state index in [-0.39, 0.29) is 10.5 Å². The SMILES string of the molecule is CCCC[Si]12O[Si]3(CCCN)O[Si](CCCN)(O[SiH3])O[Si](CCCN)(O[Si]4(CCCN)O[SiH](CCCN)O[Si](CCCN)(O3)O[Si](CCCN)(O4)O1)O2. The zero-order valence-electron chi connectivity index (χ0n) is 32.0. The molecule has 4 heterocycles. The minimum Gasteiger partial charge on any atom is -0.425 e. The van der Waals surface area contributed by atoms with Crippen LogP contribution in [-0.4, -0.2) is 127 Å². The average Bonchev–Trinajstić information content (AvgIpc) is 3.12. The molecule has 4 unspecified atom stereocenters. The molecule has 0 aliphatic carbocycles. The van der Waals surface area contributed by atoms with Crippen LogP contribution in [0.4, 0.5) is 0 Å². The van der Waals surface area contributed by atoms with Gasteiger partial charge in [-0.2, -0.15) is 0 Å².